The van der Waals surface area contributed by atoms with Crippen molar-refractivity contribution in [2.75, 3.05) is 45.9 Å². The molecule has 1 atom stereocenters. The lowest BCUT2D eigenvalue weighted by molar-refractivity contribution is 0.167. The van der Waals surface area contributed by atoms with Gasteiger partial charge in [-0.25, -0.2) is 4.39 Å². The first-order chi connectivity index (χ1) is 10.3. The Hall–Kier alpha value is -0.970. The molecule has 21 heavy (non-hydrogen) atoms. The molecule has 2 heterocycles. The summed E-state index contributed by atoms with van der Waals surface area (Å²) in [7, 11) is 0. The highest BCUT2D eigenvalue weighted by atomic mass is 19.1. The molecule has 3 rings (SSSR count). The predicted octanol–water partition coefficient (Wildman–Crippen LogP) is 2.37. The molecule has 2 aliphatic rings. The zero-order valence-electron chi connectivity index (χ0n) is 12.6. The molecule has 2 aliphatic heterocycles. The molecule has 1 aromatic carbocycles. The maximum atomic E-state index is 12.9. The minimum Gasteiger partial charge on any atom is -0.381 e. The van der Waals surface area contributed by atoms with Gasteiger partial charge >= 0.3 is 0 Å². The van der Waals surface area contributed by atoms with Crippen LogP contribution in [0.15, 0.2) is 24.3 Å². The summed E-state index contributed by atoms with van der Waals surface area (Å²) < 4.78 is 18.4. The van der Waals surface area contributed by atoms with Crippen molar-refractivity contribution >= 4 is 0 Å². The van der Waals surface area contributed by atoms with Crippen molar-refractivity contribution in [3.63, 3.8) is 0 Å². The highest BCUT2D eigenvalue weighted by Crippen LogP contribution is 2.16. The third-order valence-electron chi connectivity index (χ3n) is 4.54. The summed E-state index contributed by atoms with van der Waals surface area (Å²) in [5, 5.41) is 0. The molecule has 2 saturated heterocycles. The van der Waals surface area contributed by atoms with Gasteiger partial charge in [0.1, 0.15) is 5.82 Å². The first kappa shape index (κ1) is 14.9. The molecule has 1 aromatic rings. The summed E-state index contributed by atoms with van der Waals surface area (Å²) in [6.07, 6.45) is 2.44. The van der Waals surface area contributed by atoms with Gasteiger partial charge in [-0.2, -0.15) is 0 Å². The van der Waals surface area contributed by atoms with E-state index < -0.39 is 0 Å². The number of halogens is 1. The van der Waals surface area contributed by atoms with Crippen LogP contribution in [-0.4, -0.2) is 55.7 Å². The van der Waals surface area contributed by atoms with E-state index in [1.807, 2.05) is 12.1 Å². The second kappa shape index (κ2) is 7.34. The molecule has 2 fully saturated rings. The minimum absolute atomic E-state index is 0.153. The van der Waals surface area contributed by atoms with Gasteiger partial charge in [0.05, 0.1) is 6.61 Å². The van der Waals surface area contributed by atoms with Gasteiger partial charge in [0.25, 0.3) is 0 Å². The van der Waals surface area contributed by atoms with Crippen LogP contribution < -0.4 is 0 Å². The number of ether oxygens (including phenoxy) is 1. The lowest BCUT2D eigenvalue weighted by Gasteiger charge is -2.23. The average molecular weight is 292 g/mol. The van der Waals surface area contributed by atoms with Gasteiger partial charge < -0.3 is 9.64 Å². The standard InChI is InChI=1S/C17H25FN2O/c18-17-4-2-15(3-5-17)12-19-7-1-8-20(10-9-19)13-16-6-11-21-14-16/h2-5,16H,1,6-14H2/t16-/m1/s1. The molecule has 0 bridgehead atoms. The smallest absolute Gasteiger partial charge is 0.123 e. The molecule has 0 amide bonds. The highest BCUT2D eigenvalue weighted by molar-refractivity contribution is 5.15. The van der Waals surface area contributed by atoms with Crippen molar-refractivity contribution in [1.82, 2.24) is 9.80 Å². The molecule has 0 N–H and O–H groups in total. The van der Waals surface area contributed by atoms with Gasteiger partial charge in [0.15, 0.2) is 0 Å². The van der Waals surface area contributed by atoms with Gasteiger partial charge in [-0.1, -0.05) is 12.1 Å². The SMILES string of the molecule is Fc1ccc(CN2CCCN(C[C@H]3CCOC3)CC2)cc1. The van der Waals surface area contributed by atoms with Crippen LogP contribution >= 0.6 is 0 Å². The van der Waals surface area contributed by atoms with Crippen molar-refractivity contribution in [3.8, 4) is 0 Å². The molecule has 0 radical (unpaired) electrons. The van der Waals surface area contributed by atoms with Crippen molar-refractivity contribution in [3.05, 3.63) is 35.6 Å². The fraction of sp³-hybridized carbons (Fsp3) is 0.647. The normalized spacial score (nSPS) is 25.1. The van der Waals surface area contributed by atoms with Crippen LogP contribution in [0.4, 0.5) is 4.39 Å². The number of hydrogen-bond acceptors (Lipinski definition) is 3. The monoisotopic (exact) mass is 292 g/mol. The van der Waals surface area contributed by atoms with Crippen LogP contribution in [0.2, 0.25) is 0 Å². The van der Waals surface area contributed by atoms with Crippen LogP contribution in [0.3, 0.4) is 0 Å². The van der Waals surface area contributed by atoms with Crippen molar-refractivity contribution in [2.24, 2.45) is 5.92 Å². The number of rotatable bonds is 4. The van der Waals surface area contributed by atoms with E-state index in [9.17, 15) is 4.39 Å². The lowest BCUT2D eigenvalue weighted by atomic mass is 10.1. The summed E-state index contributed by atoms with van der Waals surface area (Å²) >= 11 is 0. The van der Waals surface area contributed by atoms with Crippen LogP contribution in [0, 0.1) is 11.7 Å². The van der Waals surface area contributed by atoms with Crippen LogP contribution in [0.1, 0.15) is 18.4 Å². The Kier molecular flexibility index (Phi) is 5.22. The van der Waals surface area contributed by atoms with Gasteiger partial charge in [0, 0.05) is 32.8 Å². The van der Waals surface area contributed by atoms with Gasteiger partial charge in [-0.05, 0) is 49.5 Å². The van der Waals surface area contributed by atoms with Crippen molar-refractivity contribution in [2.45, 2.75) is 19.4 Å². The molecule has 0 aliphatic carbocycles. The molecule has 0 saturated carbocycles. The second-order valence-electron chi connectivity index (χ2n) is 6.29. The summed E-state index contributed by atoms with van der Waals surface area (Å²) in [4.78, 5) is 5.07. The van der Waals surface area contributed by atoms with Crippen molar-refractivity contribution in [1.29, 1.82) is 0 Å². The Morgan fingerprint density at radius 2 is 1.81 bits per heavy atom. The van der Waals surface area contributed by atoms with Crippen LogP contribution in [0.5, 0.6) is 0 Å². The van der Waals surface area contributed by atoms with Gasteiger partial charge in [-0.3, -0.25) is 4.90 Å². The van der Waals surface area contributed by atoms with E-state index in [4.69, 9.17) is 4.74 Å². The summed E-state index contributed by atoms with van der Waals surface area (Å²) in [6, 6.07) is 6.90. The Morgan fingerprint density at radius 1 is 1.05 bits per heavy atom. The molecule has 0 unspecified atom stereocenters. The zero-order chi connectivity index (χ0) is 14.5. The molecule has 116 valence electrons. The van der Waals surface area contributed by atoms with Gasteiger partial charge in [0.2, 0.25) is 0 Å². The maximum absolute atomic E-state index is 12.9. The number of benzene rings is 1. The second-order valence-corrected chi connectivity index (χ2v) is 6.29. The fourth-order valence-corrected chi connectivity index (χ4v) is 3.31. The largest absolute Gasteiger partial charge is 0.381 e. The summed E-state index contributed by atoms with van der Waals surface area (Å²) in [6.45, 7) is 8.56. The Balaban J connectivity index is 1.47. The molecular weight excluding hydrogens is 267 g/mol. The third-order valence-corrected chi connectivity index (χ3v) is 4.54. The zero-order valence-corrected chi connectivity index (χ0v) is 12.6. The topological polar surface area (TPSA) is 15.7 Å². The van der Waals surface area contributed by atoms with E-state index in [-0.39, 0.29) is 5.82 Å². The van der Waals surface area contributed by atoms with Crippen LogP contribution in [0.25, 0.3) is 0 Å². The van der Waals surface area contributed by atoms with E-state index in [0.29, 0.717) is 0 Å². The average Bonchev–Trinajstić information content (AvgIpc) is 2.89. The van der Waals surface area contributed by atoms with E-state index >= 15 is 0 Å². The maximum Gasteiger partial charge on any atom is 0.123 e. The molecule has 4 heteroatoms. The molecule has 3 nitrogen and oxygen atoms in total. The minimum atomic E-state index is -0.153. The van der Waals surface area contributed by atoms with Crippen LogP contribution in [-0.2, 0) is 11.3 Å². The number of hydrogen-bond donors (Lipinski definition) is 0. The van der Waals surface area contributed by atoms with Crippen molar-refractivity contribution < 1.29 is 9.13 Å². The summed E-state index contributed by atoms with van der Waals surface area (Å²) in [5.41, 5.74) is 1.20. The van der Waals surface area contributed by atoms with E-state index in [0.717, 1.165) is 45.3 Å². The third kappa shape index (κ3) is 4.50. The Morgan fingerprint density at radius 3 is 2.57 bits per heavy atom. The van der Waals surface area contributed by atoms with E-state index in [1.165, 1.54) is 31.5 Å². The quantitative estimate of drug-likeness (QED) is 0.847. The Bertz CT molecular complexity index is 431. The Labute approximate surface area is 126 Å². The van der Waals surface area contributed by atoms with Gasteiger partial charge in [-0.15, -0.1) is 0 Å². The summed E-state index contributed by atoms with van der Waals surface area (Å²) in [5.74, 6) is 0.577. The van der Waals surface area contributed by atoms with E-state index in [2.05, 4.69) is 9.80 Å². The molecular formula is C17H25FN2O. The molecule has 0 aromatic heterocycles. The van der Waals surface area contributed by atoms with E-state index in [1.54, 1.807) is 12.1 Å². The predicted molar refractivity (Wildman–Crippen MR) is 81.7 cm³/mol. The first-order valence-corrected chi connectivity index (χ1v) is 8.06. The lowest BCUT2D eigenvalue weighted by Crippen LogP contribution is -2.34. The highest BCUT2D eigenvalue weighted by Gasteiger charge is 2.21. The molecule has 0 spiro atoms. The fourth-order valence-electron chi connectivity index (χ4n) is 3.31. The number of nitrogens with zero attached hydrogens (tertiary/aromatic N) is 2. The first-order valence-electron chi connectivity index (χ1n) is 8.06.